The average molecular weight is 424 g/mol. The molecule has 1 aromatic rings. The molecule has 30 heavy (non-hydrogen) atoms. The van der Waals surface area contributed by atoms with E-state index in [4.69, 9.17) is 21.6 Å². The molecular weight excluding hydrogens is 390 g/mol. The maximum Gasteiger partial charge on any atom is 0.417 e. The second kappa shape index (κ2) is 11.8. The summed E-state index contributed by atoms with van der Waals surface area (Å²) in [5, 5.41) is 20.8. The third kappa shape index (κ3) is 9.92. The van der Waals surface area contributed by atoms with Gasteiger partial charge in [0.25, 0.3) is 5.96 Å². The van der Waals surface area contributed by atoms with E-state index >= 15 is 0 Å². The molecule has 11 nitrogen and oxygen atoms in total. The molecule has 1 aromatic carbocycles. The van der Waals surface area contributed by atoms with E-state index in [2.05, 4.69) is 5.32 Å². The number of carbonyl (C=O) groups is 1. The van der Waals surface area contributed by atoms with Crippen LogP contribution in [0.4, 0.5) is 16.2 Å². The van der Waals surface area contributed by atoms with Gasteiger partial charge in [-0.25, -0.2) is 19.8 Å². The van der Waals surface area contributed by atoms with Crippen molar-refractivity contribution in [2.75, 3.05) is 31.1 Å². The van der Waals surface area contributed by atoms with Crippen LogP contribution in [0.5, 0.6) is 0 Å². The molecule has 0 radical (unpaired) electrons. The highest BCUT2D eigenvalue weighted by Gasteiger charge is 2.26. The minimum absolute atomic E-state index is 0.149. The fourth-order valence-corrected chi connectivity index (χ4v) is 2.64. The number of nitrogens with zero attached hydrogens (tertiary/aromatic N) is 2. The zero-order valence-corrected chi connectivity index (χ0v) is 17.9. The summed E-state index contributed by atoms with van der Waals surface area (Å²) < 4.78 is 5.22. The van der Waals surface area contributed by atoms with Crippen molar-refractivity contribution in [3.63, 3.8) is 0 Å². The summed E-state index contributed by atoms with van der Waals surface area (Å²) in [6.07, 6.45) is 2.22. The summed E-state index contributed by atoms with van der Waals surface area (Å²) in [5.41, 5.74) is 14.9. The van der Waals surface area contributed by atoms with Gasteiger partial charge in [-0.1, -0.05) is 17.9 Å². The number of hydrazine groups is 1. The number of hydrogen-bond acceptors (Lipinski definition) is 8. The van der Waals surface area contributed by atoms with Crippen molar-refractivity contribution in [3.8, 4) is 0 Å². The highest BCUT2D eigenvalue weighted by atomic mass is 16.7. The quantitative estimate of drug-likeness (QED) is 0.0950. The normalized spacial score (nSPS) is 11.0. The number of carbonyl (C=O) groups excluding carboxylic acids is 1. The van der Waals surface area contributed by atoms with Crippen molar-refractivity contribution >= 4 is 23.4 Å². The second-order valence-electron chi connectivity index (χ2n) is 7.87. The first kappa shape index (κ1) is 25.0. The molecule has 1 amide bonds. The first-order chi connectivity index (χ1) is 14.0. The molecule has 0 heterocycles. The van der Waals surface area contributed by atoms with Gasteiger partial charge in [0.05, 0.1) is 0 Å². The fourth-order valence-electron chi connectivity index (χ4n) is 2.64. The Kier molecular flexibility index (Phi) is 9.82. The zero-order chi connectivity index (χ0) is 22.7. The van der Waals surface area contributed by atoms with E-state index in [0.29, 0.717) is 17.8 Å². The number of nitrogen functional groups attached to an aromatic ring is 2. The Bertz CT molecular complexity index is 734. The molecule has 0 saturated heterocycles. The molecule has 0 bridgehead atoms. The van der Waals surface area contributed by atoms with Crippen LogP contribution >= 0.6 is 0 Å². The summed E-state index contributed by atoms with van der Waals surface area (Å²) >= 11 is 0. The summed E-state index contributed by atoms with van der Waals surface area (Å²) in [6.45, 7) is 6.78. The van der Waals surface area contributed by atoms with Gasteiger partial charge in [0.2, 0.25) is 0 Å². The van der Waals surface area contributed by atoms with Crippen molar-refractivity contribution in [3.05, 3.63) is 33.9 Å². The predicted molar refractivity (Wildman–Crippen MR) is 116 cm³/mol. The molecule has 0 atom stereocenters. The molecule has 7 N–H and O–H groups in total. The summed E-state index contributed by atoms with van der Waals surface area (Å²) in [5.74, 6) is -0.617. The van der Waals surface area contributed by atoms with Crippen molar-refractivity contribution in [1.82, 2.24) is 15.6 Å². The third-order valence-electron chi connectivity index (χ3n) is 4.06. The van der Waals surface area contributed by atoms with Crippen LogP contribution in [0.25, 0.3) is 0 Å². The standard InChI is InChI=1S/C19H33N7O4/c1-19(2,3)30-18(27)25(17(22)24-26(28)29)12-6-4-5-10-23-11-9-14-7-8-15(20)13-16(14)21/h7-8,13,23H,4-6,9-12,20-21H2,1-3H3,(H2,22,24). The smallest absolute Gasteiger partial charge is 0.417 e. The van der Waals surface area contributed by atoms with Gasteiger partial charge in [-0.3, -0.25) is 5.41 Å². The SMILES string of the molecule is CC(C)(C)OC(=O)N(CCCCCNCCc1ccc(N)cc1N)C(=N)N[N+](=O)[O-]. The van der Waals surface area contributed by atoms with E-state index in [1.807, 2.05) is 12.1 Å². The first-order valence-electron chi connectivity index (χ1n) is 9.84. The van der Waals surface area contributed by atoms with Gasteiger partial charge in [0.1, 0.15) is 5.60 Å². The van der Waals surface area contributed by atoms with Gasteiger partial charge >= 0.3 is 6.09 Å². The largest absolute Gasteiger partial charge is 0.443 e. The van der Waals surface area contributed by atoms with E-state index in [9.17, 15) is 14.9 Å². The van der Waals surface area contributed by atoms with Crippen LogP contribution in [-0.2, 0) is 11.2 Å². The van der Waals surface area contributed by atoms with Gasteiger partial charge in [0.15, 0.2) is 5.03 Å². The lowest BCUT2D eigenvalue weighted by molar-refractivity contribution is -0.526. The maximum atomic E-state index is 12.2. The van der Waals surface area contributed by atoms with Crippen molar-refractivity contribution in [2.45, 2.75) is 52.1 Å². The highest BCUT2D eigenvalue weighted by molar-refractivity contribution is 5.91. The van der Waals surface area contributed by atoms with Crippen molar-refractivity contribution in [2.24, 2.45) is 0 Å². The number of benzene rings is 1. The van der Waals surface area contributed by atoms with Crippen LogP contribution in [0.15, 0.2) is 18.2 Å². The number of nitrogens with one attached hydrogen (secondary N) is 3. The summed E-state index contributed by atoms with van der Waals surface area (Å²) in [4.78, 5) is 23.8. The number of ether oxygens (including phenoxy) is 1. The van der Waals surface area contributed by atoms with Crippen LogP contribution in [0.3, 0.4) is 0 Å². The maximum absolute atomic E-state index is 12.2. The van der Waals surface area contributed by atoms with E-state index in [0.717, 1.165) is 42.8 Å². The van der Waals surface area contributed by atoms with Crippen molar-refractivity contribution < 1.29 is 14.6 Å². The Hall–Kier alpha value is -3.08. The summed E-state index contributed by atoms with van der Waals surface area (Å²) in [6, 6.07) is 5.50. The molecular formula is C19H33N7O4. The zero-order valence-electron chi connectivity index (χ0n) is 17.9. The Morgan fingerprint density at radius 1 is 1.23 bits per heavy atom. The lowest BCUT2D eigenvalue weighted by Gasteiger charge is -2.26. The molecule has 0 spiro atoms. The van der Waals surface area contributed by atoms with Gasteiger partial charge in [0, 0.05) is 17.9 Å². The van der Waals surface area contributed by atoms with E-state index < -0.39 is 22.7 Å². The van der Waals surface area contributed by atoms with Crippen LogP contribution in [0.2, 0.25) is 0 Å². The highest BCUT2D eigenvalue weighted by Crippen LogP contribution is 2.15. The molecule has 168 valence electrons. The van der Waals surface area contributed by atoms with Crippen LogP contribution in [0, 0.1) is 15.5 Å². The molecule has 0 aliphatic heterocycles. The summed E-state index contributed by atoms with van der Waals surface area (Å²) in [7, 11) is 0. The monoisotopic (exact) mass is 423 g/mol. The molecule has 0 aliphatic carbocycles. The van der Waals surface area contributed by atoms with E-state index in [-0.39, 0.29) is 6.54 Å². The lowest BCUT2D eigenvalue weighted by atomic mass is 10.1. The predicted octanol–water partition coefficient (Wildman–Crippen LogP) is 2.11. The van der Waals surface area contributed by atoms with E-state index in [1.54, 1.807) is 32.3 Å². The van der Waals surface area contributed by atoms with Crippen LogP contribution in [-0.4, -0.2) is 47.2 Å². The fraction of sp³-hybridized carbons (Fsp3) is 0.579. The minimum Gasteiger partial charge on any atom is -0.443 e. The number of nitro groups is 1. The molecule has 11 heteroatoms. The number of hydrogen-bond donors (Lipinski definition) is 5. The van der Waals surface area contributed by atoms with E-state index in [1.165, 1.54) is 0 Å². The number of amides is 1. The van der Waals surface area contributed by atoms with Gasteiger partial charge in [-0.15, -0.1) is 0 Å². The number of anilines is 2. The molecule has 0 fully saturated rings. The number of rotatable bonds is 10. The minimum atomic E-state index is -0.878. The van der Waals surface area contributed by atoms with Crippen LogP contribution in [0.1, 0.15) is 45.6 Å². The Morgan fingerprint density at radius 2 is 1.93 bits per heavy atom. The van der Waals surface area contributed by atoms with Gasteiger partial charge in [-0.2, -0.15) is 0 Å². The molecule has 0 unspecified atom stereocenters. The first-order valence-corrected chi connectivity index (χ1v) is 9.84. The van der Waals surface area contributed by atoms with Gasteiger partial charge < -0.3 is 21.5 Å². The second-order valence-corrected chi connectivity index (χ2v) is 7.87. The number of unbranched alkanes of at least 4 members (excludes halogenated alkanes) is 2. The molecule has 0 saturated carbocycles. The number of nitrogens with two attached hydrogens (primary N) is 2. The average Bonchev–Trinajstić information content (AvgIpc) is 2.59. The molecule has 0 aliphatic rings. The molecule has 1 rings (SSSR count). The Morgan fingerprint density at radius 3 is 2.53 bits per heavy atom. The Labute approximate surface area is 176 Å². The Balaban J connectivity index is 2.34. The topological polar surface area (TPSA) is 173 Å². The molecule has 0 aromatic heterocycles. The number of guanidine groups is 1. The van der Waals surface area contributed by atoms with Crippen LogP contribution < -0.4 is 22.2 Å². The van der Waals surface area contributed by atoms with Gasteiger partial charge in [-0.05, 0) is 70.8 Å². The third-order valence-corrected chi connectivity index (χ3v) is 4.06. The lowest BCUT2D eigenvalue weighted by Crippen LogP contribution is -2.48. The van der Waals surface area contributed by atoms with Crippen molar-refractivity contribution in [1.29, 1.82) is 5.41 Å².